The average molecular weight is 402 g/mol. The molecule has 0 fully saturated rings. The number of alkyl halides is 3. The molecule has 0 unspecified atom stereocenters. The summed E-state index contributed by atoms with van der Waals surface area (Å²) in [5.74, 6) is -0.570. The lowest BCUT2D eigenvalue weighted by molar-refractivity contribution is -0.132. The first-order chi connectivity index (χ1) is 12.7. The van der Waals surface area contributed by atoms with Gasteiger partial charge in [-0.05, 0) is 12.5 Å². The fourth-order valence-corrected chi connectivity index (χ4v) is 3.13. The first-order valence-electron chi connectivity index (χ1n) is 7.68. The van der Waals surface area contributed by atoms with Crippen molar-refractivity contribution in [1.82, 2.24) is 4.98 Å². The molecule has 0 aliphatic heterocycles. The number of hydrogen-bond acceptors (Lipinski definition) is 7. The lowest BCUT2D eigenvalue weighted by Gasteiger charge is -2.11. The zero-order valence-corrected chi connectivity index (χ0v) is 15.6. The van der Waals surface area contributed by atoms with Crippen LogP contribution in [-0.2, 0) is 27.4 Å². The second kappa shape index (κ2) is 8.85. The fraction of sp³-hybridized carbons (Fsp3) is 0.353. The van der Waals surface area contributed by atoms with E-state index in [1.165, 1.54) is 14.2 Å². The van der Waals surface area contributed by atoms with Gasteiger partial charge in [0, 0.05) is 5.56 Å². The topological polar surface area (TPSA) is 70.0 Å². The highest BCUT2D eigenvalue weighted by molar-refractivity contribution is 7.11. The second-order valence-electron chi connectivity index (χ2n) is 5.32. The molecule has 0 aliphatic carbocycles. The van der Waals surface area contributed by atoms with Gasteiger partial charge in [0.15, 0.2) is 5.71 Å². The maximum atomic E-state index is 12.5. The third-order valence-electron chi connectivity index (χ3n) is 3.35. The van der Waals surface area contributed by atoms with Crippen molar-refractivity contribution < 1.29 is 32.3 Å². The van der Waals surface area contributed by atoms with Crippen LogP contribution in [0.5, 0.6) is 5.88 Å². The molecule has 0 bridgehead atoms. The van der Waals surface area contributed by atoms with Gasteiger partial charge in [0.2, 0.25) is 5.88 Å². The quantitative estimate of drug-likeness (QED) is 0.402. The van der Waals surface area contributed by atoms with E-state index in [9.17, 15) is 18.0 Å². The summed E-state index contributed by atoms with van der Waals surface area (Å²) >= 11 is 0.930. The summed E-state index contributed by atoms with van der Waals surface area (Å²) in [4.78, 5) is 21.1. The van der Waals surface area contributed by atoms with Crippen LogP contribution in [-0.4, -0.2) is 37.1 Å². The van der Waals surface area contributed by atoms with Crippen LogP contribution < -0.4 is 4.74 Å². The number of aryl methyl sites for hydroxylation is 1. The second-order valence-corrected chi connectivity index (χ2v) is 6.61. The number of oxime groups is 1. The molecule has 0 amide bonds. The summed E-state index contributed by atoms with van der Waals surface area (Å²) in [5.41, 5.74) is 0.949. The number of thiazole rings is 1. The summed E-state index contributed by atoms with van der Waals surface area (Å²) in [7, 11) is 2.51. The van der Waals surface area contributed by atoms with Gasteiger partial charge in [-0.15, -0.1) is 11.3 Å². The van der Waals surface area contributed by atoms with Gasteiger partial charge in [0.25, 0.3) is 0 Å². The van der Waals surface area contributed by atoms with Gasteiger partial charge in [-0.1, -0.05) is 29.4 Å². The molecule has 1 aromatic heterocycles. The van der Waals surface area contributed by atoms with E-state index in [1.807, 2.05) is 0 Å². The Morgan fingerprint density at radius 2 is 1.96 bits per heavy atom. The number of carbonyl (C=O) groups excluding carboxylic acids is 1. The van der Waals surface area contributed by atoms with Crippen molar-refractivity contribution in [1.29, 1.82) is 0 Å². The van der Waals surface area contributed by atoms with E-state index in [4.69, 9.17) is 14.3 Å². The highest BCUT2D eigenvalue weighted by Crippen LogP contribution is 2.30. The largest absolute Gasteiger partial charge is 0.472 e. The standard InChI is InChI=1S/C17H17F3N2O4S/c1-10-15(21-13(27-10)8-17(18,19)20)26-9-11-6-4-5-7-12(11)14(22-25-3)16(23)24-2/h4-7H,8-9H2,1-3H3. The first-order valence-corrected chi connectivity index (χ1v) is 8.50. The number of aromatic nitrogens is 1. The van der Waals surface area contributed by atoms with Gasteiger partial charge in [-0.25, -0.2) is 9.78 Å². The van der Waals surface area contributed by atoms with Gasteiger partial charge in [0.05, 0.1) is 18.4 Å². The lowest BCUT2D eigenvalue weighted by atomic mass is 10.0. The minimum Gasteiger partial charge on any atom is -0.472 e. The number of rotatable bonds is 7. The van der Waals surface area contributed by atoms with Crippen molar-refractivity contribution >= 4 is 23.0 Å². The molecule has 0 aliphatic rings. The van der Waals surface area contributed by atoms with E-state index in [-0.39, 0.29) is 23.2 Å². The molecule has 2 rings (SSSR count). The van der Waals surface area contributed by atoms with E-state index >= 15 is 0 Å². The van der Waals surface area contributed by atoms with Crippen LogP contribution in [0.25, 0.3) is 0 Å². The predicted octanol–water partition coefficient (Wildman–Crippen LogP) is 3.66. The van der Waals surface area contributed by atoms with Gasteiger partial charge in [-0.2, -0.15) is 13.2 Å². The first kappa shape index (κ1) is 20.7. The molecule has 27 heavy (non-hydrogen) atoms. The van der Waals surface area contributed by atoms with Crippen LogP contribution in [0.1, 0.15) is 21.0 Å². The van der Waals surface area contributed by atoms with Gasteiger partial charge in [0.1, 0.15) is 18.7 Å². The molecule has 1 heterocycles. The number of methoxy groups -OCH3 is 1. The molecule has 6 nitrogen and oxygen atoms in total. The normalized spacial score (nSPS) is 12.0. The van der Waals surface area contributed by atoms with Crippen molar-refractivity contribution in [2.45, 2.75) is 26.1 Å². The Kier molecular flexibility index (Phi) is 6.78. The predicted molar refractivity (Wildman–Crippen MR) is 92.9 cm³/mol. The third kappa shape index (κ3) is 5.68. The smallest absolute Gasteiger partial charge is 0.395 e. The molecule has 0 spiro atoms. The Balaban J connectivity index is 2.22. The number of hydrogen-bond donors (Lipinski definition) is 0. The number of ether oxygens (including phenoxy) is 2. The number of esters is 1. The molecule has 10 heteroatoms. The van der Waals surface area contributed by atoms with E-state index in [2.05, 4.69) is 10.1 Å². The molecular weight excluding hydrogens is 385 g/mol. The molecule has 0 saturated carbocycles. The maximum absolute atomic E-state index is 12.5. The third-order valence-corrected chi connectivity index (χ3v) is 4.30. The van der Waals surface area contributed by atoms with Crippen molar-refractivity contribution in [3.05, 3.63) is 45.3 Å². The monoisotopic (exact) mass is 402 g/mol. The molecule has 0 radical (unpaired) electrons. The molecule has 0 atom stereocenters. The van der Waals surface area contributed by atoms with E-state index in [1.54, 1.807) is 31.2 Å². The summed E-state index contributed by atoms with van der Waals surface area (Å²) in [6.45, 7) is 1.61. The van der Waals surface area contributed by atoms with Crippen LogP contribution in [0, 0.1) is 6.92 Å². The zero-order chi connectivity index (χ0) is 20.0. The van der Waals surface area contributed by atoms with Crippen LogP contribution in [0.3, 0.4) is 0 Å². The fourth-order valence-electron chi connectivity index (χ4n) is 2.22. The maximum Gasteiger partial charge on any atom is 0.395 e. The minimum absolute atomic E-state index is 0.0219. The van der Waals surface area contributed by atoms with Crippen LogP contribution in [0.2, 0.25) is 0 Å². The number of benzene rings is 1. The van der Waals surface area contributed by atoms with Crippen molar-refractivity contribution in [3.8, 4) is 5.88 Å². The number of nitrogens with zero attached hydrogens (tertiary/aromatic N) is 2. The zero-order valence-electron chi connectivity index (χ0n) is 14.8. The Morgan fingerprint density at radius 3 is 2.59 bits per heavy atom. The Bertz CT molecular complexity index is 834. The van der Waals surface area contributed by atoms with Crippen LogP contribution in [0.15, 0.2) is 29.4 Å². The SMILES string of the molecule is CON=C(C(=O)OC)c1ccccc1COc1nc(CC(F)(F)F)sc1C. The molecule has 0 N–H and O–H groups in total. The van der Waals surface area contributed by atoms with E-state index in [0.29, 0.717) is 16.0 Å². The average Bonchev–Trinajstić information content (AvgIpc) is 2.95. The Hall–Kier alpha value is -2.62. The van der Waals surface area contributed by atoms with Crippen molar-refractivity contribution in [2.75, 3.05) is 14.2 Å². The van der Waals surface area contributed by atoms with Crippen LogP contribution in [0.4, 0.5) is 13.2 Å². The highest BCUT2D eigenvalue weighted by Gasteiger charge is 2.30. The number of halogens is 3. The highest BCUT2D eigenvalue weighted by atomic mass is 32.1. The summed E-state index contributed by atoms with van der Waals surface area (Å²) in [6.07, 6.45) is -5.44. The molecule has 2 aromatic rings. The molecular formula is C17H17F3N2O4S. The van der Waals surface area contributed by atoms with Gasteiger partial charge in [-0.3, -0.25) is 0 Å². The van der Waals surface area contributed by atoms with Gasteiger partial charge >= 0.3 is 12.1 Å². The molecule has 146 valence electrons. The van der Waals surface area contributed by atoms with Crippen molar-refractivity contribution in [3.63, 3.8) is 0 Å². The lowest BCUT2D eigenvalue weighted by Crippen LogP contribution is -2.19. The molecule has 1 aromatic carbocycles. The number of carbonyl (C=O) groups is 1. The van der Waals surface area contributed by atoms with Gasteiger partial charge < -0.3 is 14.3 Å². The van der Waals surface area contributed by atoms with Crippen molar-refractivity contribution in [2.24, 2.45) is 5.16 Å². The Morgan fingerprint density at radius 1 is 1.26 bits per heavy atom. The van der Waals surface area contributed by atoms with E-state index in [0.717, 1.165) is 11.3 Å². The Labute approximate surface area is 157 Å². The summed E-state index contributed by atoms with van der Waals surface area (Å²) < 4.78 is 47.8. The minimum atomic E-state index is -4.33. The van der Waals surface area contributed by atoms with Crippen LogP contribution >= 0.6 is 11.3 Å². The summed E-state index contributed by atoms with van der Waals surface area (Å²) in [5, 5.41) is 3.62. The van der Waals surface area contributed by atoms with E-state index < -0.39 is 18.6 Å². The molecule has 0 saturated heterocycles. The summed E-state index contributed by atoms with van der Waals surface area (Å²) in [6, 6.07) is 6.76.